The molecule has 1 aliphatic carbocycles. The van der Waals surface area contributed by atoms with Gasteiger partial charge in [0.05, 0.1) is 11.9 Å². The Balaban J connectivity index is 1.72. The summed E-state index contributed by atoms with van der Waals surface area (Å²) in [5, 5.41) is 11.3. The standard InChI is InChI=1S/C10H18N4/c1-3-4-8-5-10(8)11-6-9-7-12-13-14(9)2/h7-8,10-11H,3-6H2,1-2H3. The van der Waals surface area contributed by atoms with E-state index in [9.17, 15) is 0 Å². The van der Waals surface area contributed by atoms with Crippen LogP contribution in [0.1, 0.15) is 31.9 Å². The molecule has 1 fully saturated rings. The quantitative estimate of drug-likeness (QED) is 0.763. The lowest BCUT2D eigenvalue weighted by Crippen LogP contribution is -2.19. The molecule has 78 valence electrons. The second-order valence-electron chi connectivity index (χ2n) is 4.12. The van der Waals surface area contributed by atoms with Crippen LogP contribution in [0.5, 0.6) is 0 Å². The summed E-state index contributed by atoms with van der Waals surface area (Å²) in [7, 11) is 1.93. The van der Waals surface area contributed by atoms with Crippen molar-refractivity contribution in [3.05, 3.63) is 11.9 Å². The first kappa shape index (κ1) is 9.65. The largest absolute Gasteiger partial charge is 0.308 e. The second kappa shape index (κ2) is 4.09. The Hall–Kier alpha value is -0.900. The fourth-order valence-electron chi connectivity index (χ4n) is 1.89. The van der Waals surface area contributed by atoms with Crippen LogP contribution in [0.25, 0.3) is 0 Å². The minimum atomic E-state index is 0.741. The van der Waals surface area contributed by atoms with Crippen molar-refractivity contribution in [1.29, 1.82) is 0 Å². The van der Waals surface area contributed by atoms with Gasteiger partial charge in [-0.15, -0.1) is 5.10 Å². The van der Waals surface area contributed by atoms with Crippen LogP contribution in [0.15, 0.2) is 6.20 Å². The van der Waals surface area contributed by atoms with Crippen molar-refractivity contribution in [2.45, 2.75) is 38.8 Å². The zero-order valence-electron chi connectivity index (χ0n) is 8.90. The van der Waals surface area contributed by atoms with Gasteiger partial charge in [-0.2, -0.15) is 0 Å². The summed E-state index contributed by atoms with van der Waals surface area (Å²) >= 11 is 0. The van der Waals surface area contributed by atoms with Crippen molar-refractivity contribution in [2.24, 2.45) is 13.0 Å². The van der Waals surface area contributed by atoms with Crippen LogP contribution >= 0.6 is 0 Å². The Morgan fingerprint density at radius 1 is 1.64 bits per heavy atom. The van der Waals surface area contributed by atoms with Gasteiger partial charge in [0.15, 0.2) is 0 Å². The van der Waals surface area contributed by atoms with E-state index < -0.39 is 0 Å². The highest BCUT2D eigenvalue weighted by Crippen LogP contribution is 2.34. The number of hydrogen-bond donors (Lipinski definition) is 1. The molecule has 0 aliphatic heterocycles. The SMILES string of the molecule is CCCC1CC1NCc1cnnn1C. The Kier molecular flexibility index (Phi) is 2.82. The summed E-state index contributed by atoms with van der Waals surface area (Å²) in [5.74, 6) is 0.918. The molecule has 2 rings (SSSR count). The van der Waals surface area contributed by atoms with Crippen molar-refractivity contribution >= 4 is 0 Å². The maximum absolute atomic E-state index is 3.90. The summed E-state index contributed by atoms with van der Waals surface area (Å²) in [6.07, 6.45) is 5.83. The molecule has 4 nitrogen and oxygen atoms in total. The van der Waals surface area contributed by atoms with E-state index in [0.29, 0.717) is 0 Å². The summed E-state index contributed by atoms with van der Waals surface area (Å²) in [5.41, 5.74) is 1.16. The number of nitrogens with one attached hydrogen (secondary N) is 1. The predicted molar refractivity (Wildman–Crippen MR) is 54.6 cm³/mol. The molecule has 1 saturated carbocycles. The third-order valence-corrected chi connectivity index (χ3v) is 2.94. The lowest BCUT2D eigenvalue weighted by molar-refractivity contribution is 0.573. The van der Waals surface area contributed by atoms with Gasteiger partial charge < -0.3 is 5.32 Å². The molecule has 2 atom stereocenters. The fourth-order valence-corrected chi connectivity index (χ4v) is 1.89. The van der Waals surface area contributed by atoms with Gasteiger partial charge in [-0.25, -0.2) is 0 Å². The summed E-state index contributed by atoms with van der Waals surface area (Å²) in [6.45, 7) is 3.15. The Morgan fingerprint density at radius 2 is 2.50 bits per heavy atom. The third kappa shape index (κ3) is 2.12. The van der Waals surface area contributed by atoms with E-state index in [0.717, 1.165) is 24.2 Å². The van der Waals surface area contributed by atoms with E-state index in [1.54, 1.807) is 0 Å². The molecule has 0 spiro atoms. The van der Waals surface area contributed by atoms with Crippen molar-refractivity contribution in [2.75, 3.05) is 0 Å². The van der Waals surface area contributed by atoms with Gasteiger partial charge in [0.1, 0.15) is 0 Å². The number of aromatic nitrogens is 3. The van der Waals surface area contributed by atoms with E-state index in [2.05, 4.69) is 22.6 Å². The topological polar surface area (TPSA) is 42.7 Å². The maximum Gasteiger partial charge on any atom is 0.0738 e. The molecule has 1 aliphatic rings. The molecule has 1 aromatic rings. The fraction of sp³-hybridized carbons (Fsp3) is 0.800. The van der Waals surface area contributed by atoms with Gasteiger partial charge >= 0.3 is 0 Å². The average Bonchev–Trinajstić information content (AvgIpc) is 2.78. The Morgan fingerprint density at radius 3 is 3.14 bits per heavy atom. The first-order chi connectivity index (χ1) is 6.81. The maximum atomic E-state index is 3.90. The van der Waals surface area contributed by atoms with Gasteiger partial charge in [0.25, 0.3) is 0 Å². The van der Waals surface area contributed by atoms with Crippen LogP contribution in [0, 0.1) is 5.92 Å². The lowest BCUT2D eigenvalue weighted by Gasteiger charge is -2.02. The van der Waals surface area contributed by atoms with Crippen LogP contribution in [0.2, 0.25) is 0 Å². The predicted octanol–water partition coefficient (Wildman–Crippen LogP) is 1.09. The molecular weight excluding hydrogens is 176 g/mol. The summed E-state index contributed by atoms with van der Waals surface area (Å²) in [4.78, 5) is 0. The van der Waals surface area contributed by atoms with Gasteiger partial charge in [0.2, 0.25) is 0 Å². The lowest BCUT2D eigenvalue weighted by atomic mass is 10.2. The van der Waals surface area contributed by atoms with Gasteiger partial charge in [-0.1, -0.05) is 18.6 Å². The van der Waals surface area contributed by atoms with E-state index in [1.807, 2.05) is 17.9 Å². The number of rotatable bonds is 5. The van der Waals surface area contributed by atoms with E-state index in [-0.39, 0.29) is 0 Å². The van der Waals surface area contributed by atoms with Gasteiger partial charge in [0, 0.05) is 19.6 Å². The minimum absolute atomic E-state index is 0.741. The molecular formula is C10H18N4. The third-order valence-electron chi connectivity index (χ3n) is 2.94. The molecule has 0 aromatic carbocycles. The summed E-state index contributed by atoms with van der Waals surface area (Å²) in [6, 6.07) is 0.741. The van der Waals surface area contributed by atoms with Crippen LogP contribution in [-0.2, 0) is 13.6 Å². The molecule has 0 radical (unpaired) electrons. The van der Waals surface area contributed by atoms with Gasteiger partial charge in [-0.05, 0) is 18.8 Å². The van der Waals surface area contributed by atoms with Gasteiger partial charge in [-0.3, -0.25) is 4.68 Å². The van der Waals surface area contributed by atoms with E-state index in [4.69, 9.17) is 0 Å². The van der Waals surface area contributed by atoms with E-state index in [1.165, 1.54) is 19.3 Å². The molecule has 4 heteroatoms. The highest BCUT2D eigenvalue weighted by atomic mass is 15.4. The van der Waals surface area contributed by atoms with Crippen molar-refractivity contribution in [3.8, 4) is 0 Å². The molecule has 0 bridgehead atoms. The smallest absolute Gasteiger partial charge is 0.0738 e. The first-order valence-electron chi connectivity index (χ1n) is 5.38. The Labute approximate surface area is 84.7 Å². The Bertz CT molecular complexity index is 294. The van der Waals surface area contributed by atoms with E-state index >= 15 is 0 Å². The van der Waals surface area contributed by atoms with Crippen LogP contribution < -0.4 is 5.32 Å². The van der Waals surface area contributed by atoms with Crippen molar-refractivity contribution in [3.63, 3.8) is 0 Å². The average molecular weight is 194 g/mol. The first-order valence-corrected chi connectivity index (χ1v) is 5.38. The van der Waals surface area contributed by atoms with Crippen molar-refractivity contribution in [1.82, 2.24) is 20.3 Å². The normalized spacial score (nSPS) is 25.3. The molecule has 0 saturated heterocycles. The van der Waals surface area contributed by atoms with Crippen LogP contribution in [-0.4, -0.2) is 21.0 Å². The zero-order chi connectivity index (χ0) is 9.97. The summed E-state index contributed by atoms with van der Waals surface area (Å²) < 4.78 is 1.82. The second-order valence-corrected chi connectivity index (χ2v) is 4.12. The van der Waals surface area contributed by atoms with Crippen molar-refractivity contribution < 1.29 is 0 Å². The minimum Gasteiger partial charge on any atom is -0.308 e. The highest BCUT2D eigenvalue weighted by Gasteiger charge is 2.35. The van der Waals surface area contributed by atoms with Crippen LogP contribution in [0.3, 0.4) is 0 Å². The molecule has 1 aromatic heterocycles. The number of nitrogens with zero attached hydrogens (tertiary/aromatic N) is 3. The molecule has 14 heavy (non-hydrogen) atoms. The number of hydrogen-bond acceptors (Lipinski definition) is 3. The molecule has 0 amide bonds. The number of aryl methyl sites for hydroxylation is 1. The monoisotopic (exact) mass is 194 g/mol. The zero-order valence-corrected chi connectivity index (χ0v) is 8.90. The molecule has 1 heterocycles. The van der Waals surface area contributed by atoms with Crippen LogP contribution in [0.4, 0.5) is 0 Å². The molecule has 1 N–H and O–H groups in total. The molecule has 2 unspecified atom stereocenters. The highest BCUT2D eigenvalue weighted by molar-refractivity contribution is 4.98.